The number of hydrogen-bond acceptors (Lipinski definition) is 2. The smallest absolute Gasteiger partial charge is 0.253 e. The summed E-state index contributed by atoms with van der Waals surface area (Å²) in [5.74, 6) is 0.303. The second-order valence-corrected chi connectivity index (χ2v) is 6.61. The molecule has 1 atom stereocenters. The summed E-state index contributed by atoms with van der Waals surface area (Å²) in [6.45, 7) is 1.55. The fraction of sp³-hybridized carbons (Fsp3) is 0.333. The maximum absolute atomic E-state index is 13.0. The molecule has 0 spiro atoms. The van der Waals surface area contributed by atoms with E-state index in [0.717, 1.165) is 44.3 Å². The van der Waals surface area contributed by atoms with Crippen molar-refractivity contribution in [3.63, 3.8) is 0 Å². The summed E-state index contributed by atoms with van der Waals surface area (Å²) in [6.07, 6.45) is 4.04. The van der Waals surface area contributed by atoms with E-state index >= 15 is 0 Å². The summed E-state index contributed by atoms with van der Waals surface area (Å²) in [7, 11) is 0. The second-order valence-electron chi connectivity index (χ2n) is 6.61. The second kappa shape index (κ2) is 7.94. The summed E-state index contributed by atoms with van der Waals surface area (Å²) in [5, 5.41) is 8.85. The van der Waals surface area contributed by atoms with E-state index in [1.54, 1.807) is 24.3 Å². The maximum atomic E-state index is 13.0. The summed E-state index contributed by atoms with van der Waals surface area (Å²) >= 11 is 0. The number of hydrogen-bond donors (Lipinski definition) is 0. The molecule has 0 unspecified atom stereocenters. The van der Waals surface area contributed by atoms with Crippen molar-refractivity contribution in [3.05, 3.63) is 71.0 Å². The molecule has 0 saturated carbocycles. The van der Waals surface area contributed by atoms with E-state index in [0.29, 0.717) is 17.0 Å². The van der Waals surface area contributed by atoms with Crippen molar-refractivity contribution in [2.75, 3.05) is 13.1 Å². The van der Waals surface area contributed by atoms with E-state index in [1.165, 1.54) is 12.1 Å². The lowest BCUT2D eigenvalue weighted by molar-refractivity contribution is 0.0668. The Kier molecular flexibility index (Phi) is 5.45. The first-order chi connectivity index (χ1) is 12.2. The molecular formula is C21H21FN2O. The predicted octanol–water partition coefficient (Wildman–Crippen LogP) is 4.18. The van der Waals surface area contributed by atoms with Crippen molar-refractivity contribution in [2.24, 2.45) is 5.92 Å². The highest BCUT2D eigenvalue weighted by molar-refractivity contribution is 5.94. The van der Waals surface area contributed by atoms with E-state index in [4.69, 9.17) is 5.26 Å². The highest BCUT2D eigenvalue weighted by atomic mass is 19.1. The fourth-order valence-corrected chi connectivity index (χ4v) is 3.38. The summed E-state index contributed by atoms with van der Waals surface area (Å²) in [5.41, 5.74) is 2.34. The molecular weight excluding hydrogens is 315 g/mol. The third-order valence-corrected chi connectivity index (χ3v) is 4.82. The van der Waals surface area contributed by atoms with Gasteiger partial charge in [0.05, 0.1) is 11.6 Å². The lowest BCUT2D eigenvalue weighted by Gasteiger charge is -2.33. The predicted molar refractivity (Wildman–Crippen MR) is 94.5 cm³/mol. The number of benzene rings is 2. The number of nitrogens with zero attached hydrogens (tertiary/aromatic N) is 2. The number of carbonyl (C=O) groups is 1. The van der Waals surface area contributed by atoms with Crippen LogP contribution in [0.1, 0.15) is 40.7 Å². The molecule has 3 rings (SSSR count). The van der Waals surface area contributed by atoms with Crippen LogP contribution in [0.15, 0.2) is 48.5 Å². The van der Waals surface area contributed by atoms with Gasteiger partial charge < -0.3 is 4.90 Å². The molecule has 128 valence electrons. The Morgan fingerprint density at radius 1 is 1.16 bits per heavy atom. The molecule has 0 radical (unpaired) electrons. The van der Waals surface area contributed by atoms with E-state index in [2.05, 4.69) is 6.07 Å². The standard InChI is InChI=1S/C21H21FN2O/c22-20-11-7-16(8-12-20)3-4-18-2-1-13-24(15-18)21(25)19-9-5-17(14-23)6-10-19/h5-12,18H,1-4,13,15H2/t18-/m0/s1. The lowest BCUT2D eigenvalue weighted by Crippen LogP contribution is -2.40. The molecule has 0 aliphatic carbocycles. The molecule has 1 aliphatic rings. The van der Waals surface area contributed by atoms with Crippen molar-refractivity contribution < 1.29 is 9.18 Å². The van der Waals surface area contributed by atoms with Crippen LogP contribution in [0.3, 0.4) is 0 Å². The van der Waals surface area contributed by atoms with Crippen molar-refractivity contribution in [1.29, 1.82) is 5.26 Å². The zero-order valence-electron chi connectivity index (χ0n) is 14.1. The van der Waals surface area contributed by atoms with Crippen LogP contribution in [0, 0.1) is 23.1 Å². The SMILES string of the molecule is N#Cc1ccc(C(=O)N2CCC[C@@H](CCc3ccc(F)cc3)C2)cc1. The van der Waals surface area contributed by atoms with Gasteiger partial charge in [0.1, 0.15) is 5.82 Å². The van der Waals surface area contributed by atoms with Gasteiger partial charge in [-0.25, -0.2) is 4.39 Å². The van der Waals surface area contributed by atoms with E-state index in [1.807, 2.05) is 17.0 Å². The quantitative estimate of drug-likeness (QED) is 0.840. The number of piperidine rings is 1. The molecule has 1 aliphatic heterocycles. The fourth-order valence-electron chi connectivity index (χ4n) is 3.38. The van der Waals surface area contributed by atoms with Gasteiger partial charge in [0, 0.05) is 18.7 Å². The third-order valence-electron chi connectivity index (χ3n) is 4.82. The van der Waals surface area contributed by atoms with Crippen molar-refractivity contribution >= 4 is 5.91 Å². The maximum Gasteiger partial charge on any atom is 0.253 e. The van der Waals surface area contributed by atoms with Crippen molar-refractivity contribution in [3.8, 4) is 6.07 Å². The van der Waals surface area contributed by atoms with Crippen molar-refractivity contribution in [1.82, 2.24) is 4.90 Å². The molecule has 0 aromatic heterocycles. The van der Waals surface area contributed by atoms with Crippen molar-refractivity contribution in [2.45, 2.75) is 25.7 Å². The van der Waals surface area contributed by atoms with Gasteiger partial charge in [0.25, 0.3) is 5.91 Å². The van der Waals surface area contributed by atoms with Crippen LogP contribution in [0.5, 0.6) is 0 Å². The van der Waals surface area contributed by atoms with Gasteiger partial charge in [0.2, 0.25) is 0 Å². The lowest BCUT2D eigenvalue weighted by atomic mass is 9.91. The molecule has 0 bridgehead atoms. The Morgan fingerprint density at radius 3 is 2.56 bits per heavy atom. The number of halogens is 1. The molecule has 1 amide bonds. The molecule has 1 saturated heterocycles. The normalized spacial score (nSPS) is 17.1. The van der Waals surface area contributed by atoms with Crippen LogP contribution in [-0.4, -0.2) is 23.9 Å². The highest BCUT2D eigenvalue weighted by Gasteiger charge is 2.24. The molecule has 2 aromatic rings. The van der Waals surface area contributed by atoms with Gasteiger partial charge in [-0.2, -0.15) is 5.26 Å². The molecule has 4 heteroatoms. The molecule has 25 heavy (non-hydrogen) atoms. The average molecular weight is 336 g/mol. The first-order valence-corrected chi connectivity index (χ1v) is 8.69. The Hall–Kier alpha value is -2.67. The minimum absolute atomic E-state index is 0.0379. The van der Waals surface area contributed by atoms with Gasteiger partial charge in [0.15, 0.2) is 0 Å². The van der Waals surface area contributed by atoms with E-state index < -0.39 is 0 Å². The monoisotopic (exact) mass is 336 g/mol. The van der Waals surface area contributed by atoms with Crippen LogP contribution in [-0.2, 0) is 6.42 Å². The van der Waals surface area contributed by atoms with Gasteiger partial charge >= 0.3 is 0 Å². The first kappa shape index (κ1) is 17.2. The van der Waals surface area contributed by atoms with E-state index in [9.17, 15) is 9.18 Å². The van der Waals surface area contributed by atoms with Crippen LogP contribution in [0.4, 0.5) is 4.39 Å². The zero-order valence-corrected chi connectivity index (χ0v) is 14.1. The van der Waals surface area contributed by atoms with Crippen LogP contribution >= 0.6 is 0 Å². The molecule has 1 heterocycles. The number of aryl methyl sites for hydroxylation is 1. The third kappa shape index (κ3) is 4.45. The van der Waals surface area contributed by atoms with Gasteiger partial charge in [-0.3, -0.25) is 4.79 Å². The van der Waals surface area contributed by atoms with Crippen LogP contribution in [0.2, 0.25) is 0 Å². The van der Waals surface area contributed by atoms with Gasteiger partial charge in [-0.1, -0.05) is 12.1 Å². The average Bonchev–Trinajstić information content (AvgIpc) is 2.67. The number of amides is 1. The zero-order chi connectivity index (χ0) is 17.6. The molecule has 2 aromatic carbocycles. The first-order valence-electron chi connectivity index (χ1n) is 8.69. The van der Waals surface area contributed by atoms with Gasteiger partial charge in [-0.15, -0.1) is 0 Å². The molecule has 0 N–H and O–H groups in total. The Balaban J connectivity index is 1.57. The van der Waals surface area contributed by atoms with Gasteiger partial charge in [-0.05, 0) is 73.6 Å². The minimum atomic E-state index is -0.208. The number of carbonyl (C=O) groups excluding carboxylic acids is 1. The Morgan fingerprint density at radius 2 is 1.88 bits per heavy atom. The Labute approximate surface area is 147 Å². The number of nitriles is 1. The van der Waals surface area contributed by atoms with E-state index in [-0.39, 0.29) is 11.7 Å². The topological polar surface area (TPSA) is 44.1 Å². The largest absolute Gasteiger partial charge is 0.338 e. The number of likely N-dealkylation sites (tertiary alicyclic amines) is 1. The highest BCUT2D eigenvalue weighted by Crippen LogP contribution is 2.23. The van der Waals surface area contributed by atoms with Crippen LogP contribution in [0.25, 0.3) is 0 Å². The summed E-state index contributed by atoms with van der Waals surface area (Å²) < 4.78 is 13.0. The molecule has 3 nitrogen and oxygen atoms in total. The summed E-state index contributed by atoms with van der Waals surface area (Å²) in [6, 6.07) is 15.5. The molecule has 1 fully saturated rings. The van der Waals surface area contributed by atoms with Crippen LogP contribution < -0.4 is 0 Å². The Bertz CT molecular complexity index is 762. The summed E-state index contributed by atoms with van der Waals surface area (Å²) in [4.78, 5) is 14.6. The minimum Gasteiger partial charge on any atom is -0.338 e. The number of rotatable bonds is 4.